The second-order valence-corrected chi connectivity index (χ2v) is 15.4. The summed E-state index contributed by atoms with van der Waals surface area (Å²) >= 11 is 0. The van der Waals surface area contributed by atoms with Gasteiger partial charge in [0.05, 0.1) is 0 Å². The van der Waals surface area contributed by atoms with E-state index in [0.29, 0.717) is 0 Å². The van der Waals surface area contributed by atoms with Crippen molar-refractivity contribution in [1.82, 2.24) is 0 Å². The van der Waals surface area contributed by atoms with Gasteiger partial charge in [0.2, 0.25) is 0 Å². The zero-order valence-corrected chi connectivity index (χ0v) is 29.5. The van der Waals surface area contributed by atoms with Crippen molar-refractivity contribution in [3.8, 4) is 33.4 Å². The van der Waals surface area contributed by atoms with Crippen LogP contribution in [-0.4, -0.2) is 0 Å². The molecule has 0 heterocycles. The molecule has 0 saturated heterocycles. The SMILES string of the molecule is CC1(C)c2cc(N(c3ccc(-c4ccccc4)cc3)c3ccc4c5c(ccc4c3)-c3ccccc3C5(C)C)ccc2-c2c1ccc1ccccc21. The molecule has 10 rings (SSSR count). The van der Waals surface area contributed by atoms with Crippen LogP contribution in [0, 0.1) is 0 Å². The van der Waals surface area contributed by atoms with E-state index >= 15 is 0 Å². The second kappa shape index (κ2) is 10.8. The van der Waals surface area contributed by atoms with Gasteiger partial charge in [-0.05, 0) is 114 Å². The first-order valence-electron chi connectivity index (χ1n) is 18.1. The molecular formula is C50H39N. The van der Waals surface area contributed by atoms with Crippen LogP contribution < -0.4 is 4.90 Å². The minimum Gasteiger partial charge on any atom is -0.310 e. The lowest BCUT2D eigenvalue weighted by Crippen LogP contribution is -2.17. The quantitative estimate of drug-likeness (QED) is 0.183. The number of nitrogens with zero attached hydrogens (tertiary/aromatic N) is 1. The Bertz CT molecular complexity index is 2680. The number of fused-ring (bicyclic) bond motifs is 10. The van der Waals surface area contributed by atoms with E-state index in [1.165, 1.54) is 82.9 Å². The summed E-state index contributed by atoms with van der Waals surface area (Å²) in [7, 11) is 0. The number of benzene rings is 8. The molecule has 8 aromatic rings. The molecule has 0 N–H and O–H groups in total. The molecule has 2 aliphatic carbocycles. The number of hydrogen-bond donors (Lipinski definition) is 0. The molecule has 244 valence electrons. The van der Waals surface area contributed by atoms with Gasteiger partial charge in [-0.2, -0.15) is 0 Å². The van der Waals surface area contributed by atoms with Crippen molar-refractivity contribution in [1.29, 1.82) is 0 Å². The van der Waals surface area contributed by atoms with Crippen molar-refractivity contribution >= 4 is 38.6 Å². The predicted octanol–water partition coefficient (Wildman–Crippen LogP) is 13.7. The highest BCUT2D eigenvalue weighted by molar-refractivity contribution is 6.03. The van der Waals surface area contributed by atoms with E-state index in [1.54, 1.807) is 0 Å². The molecule has 0 aromatic heterocycles. The summed E-state index contributed by atoms with van der Waals surface area (Å²) in [6, 6.07) is 60.9. The van der Waals surface area contributed by atoms with Crippen molar-refractivity contribution < 1.29 is 0 Å². The Hall–Kier alpha value is -5.92. The zero-order chi connectivity index (χ0) is 34.5. The average Bonchev–Trinajstić information content (AvgIpc) is 3.55. The lowest BCUT2D eigenvalue weighted by atomic mass is 9.80. The third-order valence-corrected chi connectivity index (χ3v) is 11.8. The Morgan fingerprint density at radius 2 is 1.02 bits per heavy atom. The highest BCUT2D eigenvalue weighted by Crippen LogP contribution is 2.54. The fourth-order valence-corrected chi connectivity index (χ4v) is 9.27. The monoisotopic (exact) mass is 653 g/mol. The Kier molecular flexibility index (Phi) is 6.34. The third-order valence-electron chi connectivity index (χ3n) is 11.8. The number of hydrogen-bond acceptors (Lipinski definition) is 1. The lowest BCUT2D eigenvalue weighted by Gasteiger charge is -2.29. The summed E-state index contributed by atoms with van der Waals surface area (Å²) < 4.78 is 0. The van der Waals surface area contributed by atoms with E-state index in [0.717, 1.165) is 11.4 Å². The van der Waals surface area contributed by atoms with E-state index in [4.69, 9.17) is 0 Å². The van der Waals surface area contributed by atoms with Gasteiger partial charge in [0, 0.05) is 27.9 Å². The first kappa shape index (κ1) is 29.9. The van der Waals surface area contributed by atoms with E-state index in [9.17, 15) is 0 Å². The van der Waals surface area contributed by atoms with Crippen LogP contribution in [0.1, 0.15) is 49.9 Å². The van der Waals surface area contributed by atoms with Gasteiger partial charge in [0.15, 0.2) is 0 Å². The van der Waals surface area contributed by atoms with Gasteiger partial charge < -0.3 is 4.90 Å². The molecule has 0 fully saturated rings. The first-order valence-corrected chi connectivity index (χ1v) is 18.1. The maximum absolute atomic E-state index is 2.45. The lowest BCUT2D eigenvalue weighted by molar-refractivity contribution is 0.661. The summed E-state index contributed by atoms with van der Waals surface area (Å²) in [5, 5.41) is 5.21. The number of anilines is 3. The highest BCUT2D eigenvalue weighted by Gasteiger charge is 2.38. The van der Waals surface area contributed by atoms with E-state index in [-0.39, 0.29) is 10.8 Å². The molecule has 0 unspecified atom stereocenters. The predicted molar refractivity (Wildman–Crippen MR) is 217 cm³/mol. The standard InChI is InChI=1S/C50H39N/c1-49(2)45-29-21-34-14-8-9-15-39(34)47(45)43-28-25-38(31-46(43)49)51(36-22-18-33(19-23-36)32-12-6-5-7-13-32)37-24-27-40-35(30-37)20-26-42-41-16-10-11-17-44(41)50(3,4)48(40)42/h5-31H,1-4H3. The minimum absolute atomic E-state index is 0.0648. The molecule has 0 radical (unpaired) electrons. The minimum atomic E-state index is -0.127. The third kappa shape index (κ3) is 4.34. The fraction of sp³-hybridized carbons (Fsp3) is 0.120. The second-order valence-electron chi connectivity index (χ2n) is 15.4. The van der Waals surface area contributed by atoms with Crippen molar-refractivity contribution in [2.45, 2.75) is 38.5 Å². The molecule has 2 aliphatic rings. The fourth-order valence-electron chi connectivity index (χ4n) is 9.27. The van der Waals surface area contributed by atoms with Gasteiger partial charge >= 0.3 is 0 Å². The molecule has 0 saturated carbocycles. The molecule has 0 aliphatic heterocycles. The summed E-state index contributed by atoms with van der Waals surface area (Å²) in [6.45, 7) is 9.51. The maximum Gasteiger partial charge on any atom is 0.0468 e. The highest BCUT2D eigenvalue weighted by atomic mass is 15.1. The van der Waals surface area contributed by atoms with Crippen LogP contribution in [0.25, 0.3) is 54.9 Å². The largest absolute Gasteiger partial charge is 0.310 e. The van der Waals surface area contributed by atoms with Crippen LogP contribution in [0.3, 0.4) is 0 Å². The molecule has 8 aromatic carbocycles. The van der Waals surface area contributed by atoms with Crippen molar-refractivity contribution in [3.63, 3.8) is 0 Å². The van der Waals surface area contributed by atoms with Crippen molar-refractivity contribution in [3.05, 3.63) is 186 Å². The van der Waals surface area contributed by atoms with Gasteiger partial charge in [0.25, 0.3) is 0 Å². The molecular weight excluding hydrogens is 615 g/mol. The Balaban J connectivity index is 1.15. The van der Waals surface area contributed by atoms with Gasteiger partial charge in [-0.25, -0.2) is 0 Å². The average molecular weight is 654 g/mol. The van der Waals surface area contributed by atoms with Gasteiger partial charge in [-0.15, -0.1) is 0 Å². The Morgan fingerprint density at radius 1 is 0.373 bits per heavy atom. The summed E-state index contributed by atoms with van der Waals surface area (Å²) in [5.41, 5.74) is 16.7. The molecule has 0 bridgehead atoms. The molecule has 1 heteroatoms. The van der Waals surface area contributed by atoms with Crippen LogP contribution in [0.2, 0.25) is 0 Å². The normalized spacial score (nSPS) is 14.6. The van der Waals surface area contributed by atoms with Crippen molar-refractivity contribution in [2.75, 3.05) is 4.90 Å². The van der Waals surface area contributed by atoms with Gasteiger partial charge in [0.1, 0.15) is 0 Å². The summed E-state index contributed by atoms with van der Waals surface area (Å²) in [5.74, 6) is 0. The topological polar surface area (TPSA) is 3.24 Å². The van der Waals surface area contributed by atoms with Gasteiger partial charge in [-0.3, -0.25) is 0 Å². The van der Waals surface area contributed by atoms with Gasteiger partial charge in [-0.1, -0.05) is 155 Å². The Labute approximate surface area is 300 Å². The van der Waals surface area contributed by atoms with E-state index < -0.39 is 0 Å². The first-order chi connectivity index (χ1) is 24.8. The maximum atomic E-state index is 2.45. The molecule has 0 atom stereocenters. The molecule has 0 spiro atoms. The zero-order valence-electron chi connectivity index (χ0n) is 29.5. The van der Waals surface area contributed by atoms with Crippen molar-refractivity contribution in [2.24, 2.45) is 0 Å². The van der Waals surface area contributed by atoms with Crippen LogP contribution in [0.15, 0.2) is 164 Å². The number of rotatable bonds is 4. The van der Waals surface area contributed by atoms with Crippen LogP contribution in [0.5, 0.6) is 0 Å². The summed E-state index contributed by atoms with van der Waals surface area (Å²) in [6.07, 6.45) is 0. The molecule has 51 heavy (non-hydrogen) atoms. The van der Waals surface area contributed by atoms with Crippen LogP contribution in [0.4, 0.5) is 17.1 Å². The van der Waals surface area contributed by atoms with Crippen LogP contribution >= 0.6 is 0 Å². The van der Waals surface area contributed by atoms with E-state index in [2.05, 4.69) is 196 Å². The summed E-state index contributed by atoms with van der Waals surface area (Å²) in [4.78, 5) is 2.44. The van der Waals surface area contributed by atoms with Crippen LogP contribution in [-0.2, 0) is 10.8 Å². The molecule has 0 amide bonds. The molecule has 1 nitrogen and oxygen atoms in total. The smallest absolute Gasteiger partial charge is 0.0468 e. The Morgan fingerprint density at radius 3 is 1.86 bits per heavy atom. The van der Waals surface area contributed by atoms with E-state index in [1.807, 2.05) is 0 Å².